The Hall–Kier alpha value is -2.22. The summed E-state index contributed by atoms with van der Waals surface area (Å²) in [4.78, 5) is 47.1. The molecule has 1 rings (SSSR count). The van der Waals surface area contributed by atoms with Crippen LogP contribution in [0.3, 0.4) is 0 Å². The van der Waals surface area contributed by atoms with Crippen LogP contribution in [-0.4, -0.2) is 59.4 Å². The number of amides is 4. The highest BCUT2D eigenvalue weighted by atomic mass is 16.5. The first kappa shape index (κ1) is 26.8. The lowest BCUT2D eigenvalue weighted by Gasteiger charge is -2.30. The van der Waals surface area contributed by atoms with E-state index in [1.165, 1.54) is 19.1 Å². The Morgan fingerprint density at radius 2 is 1.59 bits per heavy atom. The number of nitrogens with one attached hydrogen (secondary N) is 2. The summed E-state index contributed by atoms with van der Waals surface area (Å²) < 4.78 is 5.89. The minimum Gasteiger partial charge on any atom is -0.375 e. The second-order valence-corrected chi connectivity index (χ2v) is 7.93. The molecule has 29 heavy (non-hydrogen) atoms. The second kappa shape index (κ2) is 12.4. The minimum absolute atomic E-state index is 0.0612. The fourth-order valence-corrected chi connectivity index (χ4v) is 2.56. The quantitative estimate of drug-likeness (QED) is 0.506. The van der Waals surface area contributed by atoms with Crippen LogP contribution in [0.2, 0.25) is 0 Å². The van der Waals surface area contributed by atoms with Crippen molar-refractivity contribution in [2.45, 2.75) is 78.9 Å². The molecular weight excluding hydrogens is 374 g/mol. The van der Waals surface area contributed by atoms with Gasteiger partial charge in [-0.3, -0.25) is 24.1 Å². The highest BCUT2D eigenvalue weighted by molar-refractivity contribution is 6.13. The molecule has 0 bridgehead atoms. The van der Waals surface area contributed by atoms with Gasteiger partial charge < -0.3 is 15.4 Å². The molecule has 0 atom stereocenters. The molecule has 0 fully saturated rings. The number of ether oxygens (including phenoxy) is 1. The molecule has 1 aliphatic rings. The van der Waals surface area contributed by atoms with Crippen LogP contribution in [0.1, 0.15) is 67.7 Å². The topological polar surface area (TPSA) is 105 Å². The van der Waals surface area contributed by atoms with E-state index in [1.807, 2.05) is 41.5 Å². The van der Waals surface area contributed by atoms with E-state index >= 15 is 0 Å². The van der Waals surface area contributed by atoms with Gasteiger partial charge in [0.2, 0.25) is 11.8 Å². The molecule has 8 heteroatoms. The van der Waals surface area contributed by atoms with Gasteiger partial charge in [0, 0.05) is 50.7 Å². The number of hydrogen-bond acceptors (Lipinski definition) is 5. The highest BCUT2D eigenvalue weighted by Crippen LogP contribution is 2.17. The van der Waals surface area contributed by atoms with Crippen molar-refractivity contribution in [3.63, 3.8) is 0 Å². The van der Waals surface area contributed by atoms with Crippen molar-refractivity contribution in [3.8, 4) is 0 Å². The van der Waals surface area contributed by atoms with Gasteiger partial charge in [-0.1, -0.05) is 13.8 Å². The van der Waals surface area contributed by atoms with Crippen LogP contribution in [0.15, 0.2) is 12.2 Å². The lowest BCUT2D eigenvalue weighted by atomic mass is 10.00. The van der Waals surface area contributed by atoms with Gasteiger partial charge in [0.25, 0.3) is 11.8 Å². The Balaban J connectivity index is 0.00000379. The molecule has 0 saturated carbocycles. The largest absolute Gasteiger partial charge is 0.375 e. The summed E-state index contributed by atoms with van der Waals surface area (Å²) >= 11 is 0. The maximum atomic E-state index is 12.1. The Kier molecular flexibility index (Phi) is 11.4. The number of rotatable bonds is 11. The Bertz CT molecular complexity index is 593. The molecule has 0 saturated heterocycles. The normalized spacial score (nSPS) is 13.8. The van der Waals surface area contributed by atoms with Crippen molar-refractivity contribution < 1.29 is 23.9 Å². The van der Waals surface area contributed by atoms with E-state index in [-0.39, 0.29) is 42.2 Å². The number of hydrogen-bond donors (Lipinski definition) is 2. The van der Waals surface area contributed by atoms with Crippen LogP contribution in [0.5, 0.6) is 0 Å². The van der Waals surface area contributed by atoms with Crippen molar-refractivity contribution in [2.75, 3.05) is 19.7 Å². The Morgan fingerprint density at radius 3 is 2.10 bits per heavy atom. The van der Waals surface area contributed by atoms with Crippen LogP contribution in [-0.2, 0) is 23.9 Å². The predicted octanol–water partition coefficient (Wildman–Crippen LogP) is 1.93. The molecule has 0 aromatic rings. The molecule has 0 unspecified atom stereocenters. The molecule has 2 N–H and O–H groups in total. The van der Waals surface area contributed by atoms with Gasteiger partial charge in [0.15, 0.2) is 0 Å². The van der Waals surface area contributed by atoms with Gasteiger partial charge in [0.05, 0.1) is 5.60 Å². The fourth-order valence-electron chi connectivity index (χ4n) is 2.56. The summed E-state index contributed by atoms with van der Waals surface area (Å²) in [6.45, 7) is 14.2. The molecule has 0 aromatic carbocycles. The fraction of sp³-hybridized carbons (Fsp3) is 0.714. The van der Waals surface area contributed by atoms with Crippen LogP contribution < -0.4 is 10.6 Å². The average molecular weight is 412 g/mol. The number of carbonyl (C=O) groups excluding carboxylic acids is 4. The molecule has 1 aliphatic heterocycles. The molecule has 0 spiro atoms. The summed E-state index contributed by atoms with van der Waals surface area (Å²) in [6, 6.07) is 0. The lowest BCUT2D eigenvalue weighted by molar-refractivity contribution is -0.137. The molecule has 8 nitrogen and oxygen atoms in total. The smallest absolute Gasteiger partial charge is 0.253 e. The van der Waals surface area contributed by atoms with Crippen molar-refractivity contribution in [2.24, 2.45) is 0 Å². The third kappa shape index (κ3) is 11.4. The first-order chi connectivity index (χ1) is 13.4. The second-order valence-electron chi connectivity index (χ2n) is 7.93. The average Bonchev–Trinajstić information content (AvgIpc) is 2.91. The van der Waals surface area contributed by atoms with Crippen molar-refractivity contribution in [1.82, 2.24) is 15.5 Å². The third-order valence-electron chi connectivity index (χ3n) is 4.26. The predicted molar refractivity (Wildman–Crippen MR) is 112 cm³/mol. The van der Waals surface area contributed by atoms with E-state index in [9.17, 15) is 19.2 Å². The van der Waals surface area contributed by atoms with E-state index in [4.69, 9.17) is 4.74 Å². The zero-order valence-electron chi connectivity index (χ0n) is 18.9. The van der Waals surface area contributed by atoms with E-state index in [2.05, 4.69) is 10.6 Å². The monoisotopic (exact) mass is 411 g/mol. The molecular formula is C21H37N3O5. The standard InChI is InChI=1S/C19H31N3O5.C2H6/c1-14(23)20-11-9-19(4,5)27-13-10-18(2,3)21-15(24)8-12-22-16(25)6-7-17(22)26;1-2/h6-7H,8-13H2,1-5H3,(H,20,23)(H,21,24);1-2H3. The summed E-state index contributed by atoms with van der Waals surface area (Å²) in [5.41, 5.74) is -0.867. The Morgan fingerprint density at radius 1 is 1.03 bits per heavy atom. The van der Waals surface area contributed by atoms with Crippen molar-refractivity contribution in [3.05, 3.63) is 12.2 Å². The summed E-state index contributed by atoms with van der Waals surface area (Å²) in [7, 11) is 0. The molecule has 0 radical (unpaired) electrons. The van der Waals surface area contributed by atoms with Gasteiger partial charge in [-0.2, -0.15) is 0 Å². The van der Waals surface area contributed by atoms with Crippen LogP contribution in [0.25, 0.3) is 0 Å². The van der Waals surface area contributed by atoms with E-state index in [0.29, 0.717) is 26.0 Å². The maximum absolute atomic E-state index is 12.1. The number of carbonyl (C=O) groups is 4. The molecule has 0 aliphatic carbocycles. The third-order valence-corrected chi connectivity index (χ3v) is 4.26. The zero-order valence-corrected chi connectivity index (χ0v) is 18.9. The van der Waals surface area contributed by atoms with Gasteiger partial charge >= 0.3 is 0 Å². The van der Waals surface area contributed by atoms with Gasteiger partial charge in [-0.25, -0.2) is 0 Å². The van der Waals surface area contributed by atoms with Gasteiger partial charge in [0.1, 0.15) is 0 Å². The van der Waals surface area contributed by atoms with Gasteiger partial charge in [-0.15, -0.1) is 0 Å². The van der Waals surface area contributed by atoms with Crippen LogP contribution >= 0.6 is 0 Å². The number of nitrogens with zero attached hydrogens (tertiary/aromatic N) is 1. The van der Waals surface area contributed by atoms with E-state index in [1.54, 1.807) is 0 Å². The first-order valence-electron chi connectivity index (χ1n) is 10.1. The van der Waals surface area contributed by atoms with Crippen LogP contribution in [0, 0.1) is 0 Å². The number of imide groups is 1. The van der Waals surface area contributed by atoms with E-state index < -0.39 is 5.54 Å². The van der Waals surface area contributed by atoms with E-state index in [0.717, 1.165) is 4.90 Å². The lowest BCUT2D eigenvalue weighted by Crippen LogP contribution is -2.46. The summed E-state index contributed by atoms with van der Waals surface area (Å²) in [5.74, 6) is -1.07. The maximum Gasteiger partial charge on any atom is 0.253 e. The van der Waals surface area contributed by atoms with Crippen molar-refractivity contribution >= 4 is 23.6 Å². The van der Waals surface area contributed by atoms with Gasteiger partial charge in [-0.05, 0) is 40.5 Å². The SMILES string of the molecule is CC.CC(=O)NCCC(C)(C)OCCC(C)(C)NC(=O)CCN1C(=O)C=CC1=O. The molecule has 1 heterocycles. The molecule has 4 amide bonds. The minimum atomic E-state index is -0.484. The highest BCUT2D eigenvalue weighted by Gasteiger charge is 2.26. The first-order valence-corrected chi connectivity index (χ1v) is 10.1. The summed E-state index contributed by atoms with van der Waals surface area (Å²) in [6.07, 6.45) is 3.76. The Labute approximate surface area is 174 Å². The molecule has 166 valence electrons. The zero-order chi connectivity index (χ0) is 22.7. The van der Waals surface area contributed by atoms with Crippen LogP contribution in [0.4, 0.5) is 0 Å². The summed E-state index contributed by atoms with van der Waals surface area (Å²) in [5, 5.41) is 5.65. The van der Waals surface area contributed by atoms with Crippen molar-refractivity contribution in [1.29, 1.82) is 0 Å². The molecule has 0 aromatic heterocycles.